The van der Waals surface area contributed by atoms with Crippen LogP contribution in [0.1, 0.15) is 52.8 Å². The monoisotopic (exact) mass is 401 g/mol. The summed E-state index contributed by atoms with van der Waals surface area (Å²) in [6, 6.07) is 10.5. The highest BCUT2D eigenvalue weighted by Gasteiger charge is 2.29. The first kappa shape index (κ1) is 18.4. The van der Waals surface area contributed by atoms with Crippen molar-refractivity contribution in [3.05, 3.63) is 63.9 Å². The highest BCUT2D eigenvalue weighted by molar-refractivity contribution is 7.99. The van der Waals surface area contributed by atoms with Gasteiger partial charge in [0.1, 0.15) is 11.6 Å². The van der Waals surface area contributed by atoms with Gasteiger partial charge in [-0.1, -0.05) is 17.8 Å². The average Bonchev–Trinajstić information content (AvgIpc) is 3.22. The van der Waals surface area contributed by atoms with Crippen molar-refractivity contribution < 1.29 is 9.18 Å². The van der Waals surface area contributed by atoms with E-state index in [0.717, 1.165) is 29.6 Å². The molecule has 1 aromatic carbocycles. The Morgan fingerprint density at radius 3 is 2.74 bits per heavy atom. The van der Waals surface area contributed by atoms with Crippen LogP contribution < -0.4 is 0 Å². The molecule has 4 rings (SSSR count). The molecule has 0 saturated heterocycles. The molecule has 27 heavy (non-hydrogen) atoms. The molecule has 7 heteroatoms. The van der Waals surface area contributed by atoms with Crippen LogP contribution in [0.5, 0.6) is 0 Å². The fraction of sp³-hybridized carbons (Fsp3) is 0.350. The van der Waals surface area contributed by atoms with Crippen LogP contribution in [0.25, 0.3) is 0 Å². The molecule has 2 heterocycles. The number of thioether (sulfide) groups is 1. The molecule has 0 radical (unpaired) electrons. The van der Waals surface area contributed by atoms with Crippen LogP contribution in [0.3, 0.4) is 0 Å². The number of halogens is 1. The fourth-order valence-corrected chi connectivity index (χ4v) is 4.64. The van der Waals surface area contributed by atoms with E-state index < -0.39 is 0 Å². The first-order valence-electron chi connectivity index (χ1n) is 9.08. The third-order valence-corrected chi connectivity index (χ3v) is 6.41. The summed E-state index contributed by atoms with van der Waals surface area (Å²) in [4.78, 5) is 13.5. The van der Waals surface area contributed by atoms with Gasteiger partial charge in [0.2, 0.25) is 0 Å². The van der Waals surface area contributed by atoms with Crippen molar-refractivity contribution in [1.82, 2.24) is 14.8 Å². The zero-order valence-corrected chi connectivity index (χ0v) is 16.4. The smallest absolute Gasteiger partial charge is 0.191 e. The van der Waals surface area contributed by atoms with Crippen LogP contribution >= 0.6 is 23.1 Å². The van der Waals surface area contributed by atoms with Gasteiger partial charge in [0, 0.05) is 35.1 Å². The van der Waals surface area contributed by atoms with Crippen molar-refractivity contribution in [3.8, 4) is 0 Å². The maximum absolute atomic E-state index is 12.9. The number of thiophene rings is 1. The number of benzene rings is 1. The maximum atomic E-state index is 12.9. The molecule has 2 aromatic heterocycles. The van der Waals surface area contributed by atoms with Gasteiger partial charge in [-0.15, -0.1) is 21.5 Å². The highest BCUT2D eigenvalue weighted by Crippen LogP contribution is 2.39. The molecule has 4 nitrogen and oxygen atoms in total. The van der Waals surface area contributed by atoms with Gasteiger partial charge >= 0.3 is 0 Å². The molecule has 0 aliphatic heterocycles. The largest absolute Gasteiger partial charge is 0.303 e. The predicted octanol–water partition coefficient (Wildman–Crippen LogP) is 5.16. The molecule has 3 aromatic rings. The van der Waals surface area contributed by atoms with Crippen molar-refractivity contribution in [2.45, 2.75) is 43.3 Å². The van der Waals surface area contributed by atoms with Crippen LogP contribution in [-0.2, 0) is 6.42 Å². The van der Waals surface area contributed by atoms with E-state index in [1.54, 1.807) is 35.2 Å². The molecule has 0 amide bonds. The van der Waals surface area contributed by atoms with Crippen molar-refractivity contribution in [3.63, 3.8) is 0 Å². The summed E-state index contributed by atoms with van der Waals surface area (Å²) in [5, 5.41) is 11.9. The molecule has 0 bridgehead atoms. The third kappa shape index (κ3) is 4.65. The van der Waals surface area contributed by atoms with Crippen LogP contribution in [0.4, 0.5) is 4.39 Å². The van der Waals surface area contributed by atoms with Crippen molar-refractivity contribution in [2.24, 2.45) is 0 Å². The van der Waals surface area contributed by atoms with Crippen molar-refractivity contribution >= 4 is 28.9 Å². The second kappa shape index (κ2) is 8.35. The molecule has 0 unspecified atom stereocenters. The zero-order chi connectivity index (χ0) is 18.6. The summed E-state index contributed by atoms with van der Waals surface area (Å²) in [5.74, 6) is 1.58. The Kier molecular flexibility index (Phi) is 5.69. The number of carbonyl (C=O) groups is 1. The second-order valence-electron chi connectivity index (χ2n) is 6.64. The number of carbonyl (C=O) groups excluding carboxylic acids is 1. The molecule has 0 spiro atoms. The second-order valence-corrected chi connectivity index (χ2v) is 8.73. The van der Waals surface area contributed by atoms with Gasteiger partial charge in [-0.3, -0.25) is 4.79 Å². The minimum Gasteiger partial charge on any atom is -0.303 e. The minimum absolute atomic E-state index is 0.0534. The summed E-state index contributed by atoms with van der Waals surface area (Å²) in [6.07, 6.45) is 4.42. The van der Waals surface area contributed by atoms with E-state index >= 15 is 0 Å². The summed E-state index contributed by atoms with van der Waals surface area (Å²) >= 11 is 3.41. The Bertz CT molecular complexity index is 902. The molecule has 0 atom stereocenters. The van der Waals surface area contributed by atoms with Gasteiger partial charge in [0.05, 0.1) is 0 Å². The minimum atomic E-state index is -0.320. The van der Waals surface area contributed by atoms with E-state index in [-0.39, 0.29) is 11.6 Å². The molecule has 0 N–H and O–H groups in total. The van der Waals surface area contributed by atoms with E-state index in [1.807, 2.05) is 0 Å². The first-order valence-corrected chi connectivity index (χ1v) is 10.9. The summed E-state index contributed by atoms with van der Waals surface area (Å²) in [7, 11) is 0. The highest BCUT2D eigenvalue weighted by atomic mass is 32.2. The van der Waals surface area contributed by atoms with E-state index in [2.05, 4.69) is 32.3 Å². The van der Waals surface area contributed by atoms with Gasteiger partial charge < -0.3 is 4.57 Å². The lowest BCUT2D eigenvalue weighted by Gasteiger charge is -2.08. The SMILES string of the molecule is O=C(CCCSc1nnc(Cc2cccs2)n1C1CC1)c1ccc(F)cc1. The average molecular weight is 402 g/mol. The van der Waals surface area contributed by atoms with E-state index in [9.17, 15) is 9.18 Å². The Labute approximate surface area is 165 Å². The van der Waals surface area contributed by atoms with Gasteiger partial charge in [-0.2, -0.15) is 0 Å². The Balaban J connectivity index is 1.32. The number of hydrogen-bond donors (Lipinski definition) is 0. The molecule has 1 fully saturated rings. The van der Waals surface area contributed by atoms with Gasteiger partial charge in [0.25, 0.3) is 0 Å². The fourth-order valence-electron chi connectivity index (χ4n) is 2.97. The lowest BCUT2D eigenvalue weighted by molar-refractivity contribution is 0.0982. The topological polar surface area (TPSA) is 47.8 Å². The number of ketones is 1. The number of hydrogen-bond acceptors (Lipinski definition) is 5. The number of rotatable bonds is 9. The zero-order valence-electron chi connectivity index (χ0n) is 14.8. The lowest BCUT2D eigenvalue weighted by Crippen LogP contribution is -2.04. The van der Waals surface area contributed by atoms with Crippen molar-refractivity contribution in [2.75, 3.05) is 5.75 Å². The van der Waals surface area contributed by atoms with Gasteiger partial charge in [0.15, 0.2) is 10.9 Å². The third-order valence-electron chi connectivity index (χ3n) is 4.51. The van der Waals surface area contributed by atoms with Crippen LogP contribution in [-0.4, -0.2) is 26.3 Å². The molecular weight excluding hydrogens is 381 g/mol. The predicted molar refractivity (Wildman–Crippen MR) is 106 cm³/mol. The van der Waals surface area contributed by atoms with E-state index in [0.29, 0.717) is 18.0 Å². The van der Waals surface area contributed by atoms with Crippen molar-refractivity contribution in [1.29, 1.82) is 0 Å². The number of Topliss-reactive ketones (excluding diaryl/α,β-unsaturated/α-hetero) is 1. The lowest BCUT2D eigenvalue weighted by atomic mass is 10.1. The normalized spacial score (nSPS) is 13.8. The van der Waals surface area contributed by atoms with Crippen LogP contribution in [0.15, 0.2) is 46.9 Å². The quantitative estimate of drug-likeness (QED) is 0.282. The molecule has 1 aliphatic carbocycles. The van der Waals surface area contributed by atoms with Gasteiger partial charge in [-0.25, -0.2) is 4.39 Å². The van der Waals surface area contributed by atoms with Crippen LogP contribution in [0.2, 0.25) is 0 Å². The molecule has 1 aliphatic rings. The molecule has 140 valence electrons. The summed E-state index contributed by atoms with van der Waals surface area (Å²) in [6.45, 7) is 0. The standard InChI is InChI=1S/C20H20FN3OS2/c21-15-7-5-14(6-8-15)18(25)4-2-12-27-20-23-22-19(24(20)16-9-10-16)13-17-3-1-11-26-17/h1,3,5-8,11,16H,2,4,9-10,12-13H2. The molecular formula is C20H20FN3OS2. The Morgan fingerprint density at radius 1 is 1.22 bits per heavy atom. The number of aromatic nitrogens is 3. The Hall–Kier alpha value is -1.99. The summed E-state index contributed by atoms with van der Waals surface area (Å²) < 4.78 is 15.2. The Morgan fingerprint density at radius 2 is 2.04 bits per heavy atom. The van der Waals surface area contributed by atoms with Gasteiger partial charge in [-0.05, 0) is 55.0 Å². The van der Waals surface area contributed by atoms with Crippen LogP contribution in [0, 0.1) is 5.82 Å². The maximum Gasteiger partial charge on any atom is 0.191 e. The number of nitrogens with zero attached hydrogens (tertiary/aromatic N) is 3. The first-order chi connectivity index (χ1) is 13.2. The summed E-state index contributed by atoms with van der Waals surface area (Å²) in [5.41, 5.74) is 0.570. The van der Waals surface area contributed by atoms with E-state index in [1.165, 1.54) is 29.9 Å². The van der Waals surface area contributed by atoms with E-state index in [4.69, 9.17) is 0 Å². The molecule has 1 saturated carbocycles.